The minimum absolute atomic E-state index is 0.0512. The Balaban J connectivity index is 1.24. The molecular formula is C57H64N2. The van der Waals surface area contributed by atoms with Crippen molar-refractivity contribution in [3.05, 3.63) is 132 Å². The zero-order chi connectivity index (χ0) is 40.7. The van der Waals surface area contributed by atoms with Crippen LogP contribution in [-0.4, -0.2) is 9.13 Å². The second-order valence-corrected chi connectivity index (χ2v) is 17.8. The van der Waals surface area contributed by atoms with E-state index in [2.05, 4.69) is 172 Å². The fraction of sp³-hybridized carbons (Fsp3) is 0.368. The first-order valence-electron chi connectivity index (χ1n) is 23.3. The number of hydrogen-bond donors (Lipinski definition) is 0. The van der Waals surface area contributed by atoms with Crippen LogP contribution in [0.5, 0.6) is 0 Å². The van der Waals surface area contributed by atoms with Crippen LogP contribution < -0.4 is 0 Å². The number of aromatic nitrogens is 2. The zero-order valence-electron chi connectivity index (χ0n) is 36.6. The van der Waals surface area contributed by atoms with Crippen LogP contribution in [0.2, 0.25) is 0 Å². The van der Waals surface area contributed by atoms with E-state index in [0.717, 1.165) is 13.1 Å². The lowest BCUT2D eigenvalue weighted by Gasteiger charge is -2.39. The van der Waals surface area contributed by atoms with Crippen LogP contribution in [0.1, 0.15) is 117 Å². The molecule has 0 spiro atoms. The van der Waals surface area contributed by atoms with Crippen LogP contribution in [0.3, 0.4) is 0 Å². The average Bonchev–Trinajstić information content (AvgIpc) is 3.88. The van der Waals surface area contributed by atoms with Gasteiger partial charge in [-0.25, -0.2) is 0 Å². The van der Waals surface area contributed by atoms with Gasteiger partial charge in [-0.3, -0.25) is 0 Å². The van der Waals surface area contributed by atoms with E-state index in [9.17, 15) is 0 Å². The van der Waals surface area contributed by atoms with Crippen LogP contribution in [0.4, 0.5) is 0 Å². The van der Waals surface area contributed by atoms with Gasteiger partial charge in [0.15, 0.2) is 0 Å². The van der Waals surface area contributed by atoms with E-state index >= 15 is 0 Å². The van der Waals surface area contributed by atoms with Gasteiger partial charge in [0, 0.05) is 62.1 Å². The lowest BCUT2D eigenvalue weighted by molar-refractivity contribution is 0.266. The number of nitrogens with zero attached hydrogens (tertiary/aromatic N) is 2. The maximum atomic E-state index is 2.65. The number of para-hydroxylation sites is 2. The van der Waals surface area contributed by atoms with E-state index in [1.54, 1.807) is 11.1 Å². The molecule has 59 heavy (non-hydrogen) atoms. The van der Waals surface area contributed by atoms with Crippen LogP contribution >= 0.6 is 0 Å². The molecule has 0 aliphatic heterocycles. The molecule has 2 atom stereocenters. The Kier molecular flexibility index (Phi) is 11.0. The molecule has 2 unspecified atom stereocenters. The Morgan fingerprint density at radius 2 is 0.814 bits per heavy atom. The van der Waals surface area contributed by atoms with Crippen LogP contribution in [0.25, 0.3) is 77.0 Å². The molecule has 0 saturated heterocycles. The third-order valence-corrected chi connectivity index (χ3v) is 14.6. The Hall–Kier alpha value is -5.08. The van der Waals surface area contributed by atoms with Crippen molar-refractivity contribution in [3.63, 3.8) is 0 Å². The molecule has 2 aromatic heterocycles. The van der Waals surface area contributed by atoms with Crippen molar-refractivity contribution in [2.45, 2.75) is 124 Å². The highest BCUT2D eigenvalue weighted by Gasteiger charge is 2.45. The minimum atomic E-state index is -0.0512. The van der Waals surface area contributed by atoms with E-state index in [4.69, 9.17) is 0 Å². The van der Waals surface area contributed by atoms with Gasteiger partial charge in [-0.15, -0.1) is 0 Å². The maximum absolute atomic E-state index is 2.65. The summed E-state index contributed by atoms with van der Waals surface area (Å²) in [5.41, 5.74) is 16.7. The highest BCUT2D eigenvalue weighted by Crippen LogP contribution is 2.58. The van der Waals surface area contributed by atoms with Gasteiger partial charge >= 0.3 is 0 Å². The van der Waals surface area contributed by atoms with Gasteiger partial charge in [-0.1, -0.05) is 164 Å². The van der Waals surface area contributed by atoms with Crippen molar-refractivity contribution in [2.75, 3.05) is 0 Å². The fourth-order valence-electron chi connectivity index (χ4n) is 11.4. The monoisotopic (exact) mass is 777 g/mol. The normalized spacial score (nSPS) is 14.4. The summed E-state index contributed by atoms with van der Waals surface area (Å²) in [7, 11) is 0. The molecule has 8 aromatic rings. The lowest BCUT2D eigenvalue weighted by atomic mass is 9.64. The van der Waals surface area contributed by atoms with E-state index in [1.807, 2.05) is 0 Å². The van der Waals surface area contributed by atoms with Gasteiger partial charge in [0.2, 0.25) is 0 Å². The Labute approximate surface area is 353 Å². The summed E-state index contributed by atoms with van der Waals surface area (Å²) >= 11 is 0. The third kappa shape index (κ3) is 6.72. The van der Waals surface area contributed by atoms with Crippen molar-refractivity contribution in [3.8, 4) is 33.4 Å². The smallest absolute Gasteiger partial charge is 0.0497 e. The Morgan fingerprint density at radius 3 is 1.22 bits per heavy atom. The molecule has 302 valence electrons. The fourth-order valence-corrected chi connectivity index (χ4v) is 11.4. The molecule has 0 fully saturated rings. The first-order valence-corrected chi connectivity index (χ1v) is 23.3. The van der Waals surface area contributed by atoms with E-state index < -0.39 is 0 Å². The molecule has 0 bridgehead atoms. The van der Waals surface area contributed by atoms with Gasteiger partial charge < -0.3 is 9.13 Å². The van der Waals surface area contributed by atoms with Crippen molar-refractivity contribution >= 4 is 43.6 Å². The van der Waals surface area contributed by atoms with Gasteiger partial charge in [0.25, 0.3) is 0 Å². The topological polar surface area (TPSA) is 9.86 Å². The minimum Gasteiger partial charge on any atom is -0.341 e. The summed E-state index contributed by atoms with van der Waals surface area (Å²) in [5.74, 6) is 1.36. The molecule has 2 nitrogen and oxygen atoms in total. The molecule has 0 amide bonds. The second kappa shape index (κ2) is 16.5. The van der Waals surface area contributed by atoms with Crippen molar-refractivity contribution in [1.29, 1.82) is 0 Å². The summed E-state index contributed by atoms with van der Waals surface area (Å²) in [6.07, 6.45) is 12.6. The van der Waals surface area contributed by atoms with E-state index in [0.29, 0.717) is 11.8 Å². The number of hydrogen-bond acceptors (Lipinski definition) is 0. The predicted octanol–water partition coefficient (Wildman–Crippen LogP) is 16.8. The number of aryl methyl sites for hydroxylation is 2. The maximum Gasteiger partial charge on any atom is 0.0497 e. The third-order valence-electron chi connectivity index (χ3n) is 14.6. The molecule has 1 aliphatic carbocycles. The first kappa shape index (κ1) is 39.4. The molecule has 0 radical (unpaired) electrons. The van der Waals surface area contributed by atoms with Crippen molar-refractivity contribution in [2.24, 2.45) is 11.8 Å². The van der Waals surface area contributed by atoms with Gasteiger partial charge in [0.05, 0.1) is 0 Å². The number of unbranched alkanes of at least 4 members (excludes halogenated alkanes) is 2. The summed E-state index contributed by atoms with van der Waals surface area (Å²) in [5, 5.41) is 5.40. The summed E-state index contributed by atoms with van der Waals surface area (Å²) in [4.78, 5) is 0. The number of rotatable bonds is 16. The van der Waals surface area contributed by atoms with Crippen molar-refractivity contribution in [1.82, 2.24) is 9.13 Å². The van der Waals surface area contributed by atoms with Gasteiger partial charge in [-0.05, 0) is 119 Å². The first-order chi connectivity index (χ1) is 29.0. The van der Waals surface area contributed by atoms with Crippen LogP contribution in [-0.2, 0) is 18.5 Å². The highest BCUT2D eigenvalue weighted by molar-refractivity contribution is 6.10. The standard InChI is InChI=1S/C57H64N2/c1-7-13-19-39(9-3)37-57(38-40(10-4)20-14-8-2)51-33-41(43-27-31-49-47-21-15-17-23-53(47)58(11-5)55(49)35-43)25-29-45(51)46-30-26-42(34-52(46)57)44-28-32-50-48-22-16-18-24-54(48)59(12-6)56(50)36-44/h15-18,21-36,39-40H,7-14,19-20,37-38H2,1-6H3. The SMILES string of the molecule is CCCCC(CC)CC1(CC(CC)CCCC)c2cc(-c3ccc4c5ccccc5n(CC)c4c3)ccc2-c2ccc(-c3ccc4c5ccccc5n(CC)c4c3)cc21. The molecule has 0 saturated carbocycles. The largest absolute Gasteiger partial charge is 0.341 e. The number of benzene rings is 6. The molecule has 2 heterocycles. The van der Waals surface area contributed by atoms with E-state index in [-0.39, 0.29) is 5.41 Å². The van der Waals surface area contributed by atoms with E-state index in [1.165, 1.54) is 141 Å². The Morgan fingerprint density at radius 1 is 0.424 bits per heavy atom. The molecule has 1 aliphatic rings. The molecule has 2 heteroatoms. The zero-order valence-corrected chi connectivity index (χ0v) is 36.6. The molecule has 6 aromatic carbocycles. The molecule has 0 N–H and O–H groups in total. The second-order valence-electron chi connectivity index (χ2n) is 17.8. The van der Waals surface area contributed by atoms with Crippen LogP contribution in [0, 0.1) is 11.8 Å². The summed E-state index contributed by atoms with van der Waals surface area (Å²) in [6.45, 7) is 16.1. The van der Waals surface area contributed by atoms with Gasteiger partial charge in [0.1, 0.15) is 0 Å². The van der Waals surface area contributed by atoms with Crippen LogP contribution in [0.15, 0.2) is 121 Å². The Bertz CT molecular complexity index is 2580. The molecule has 9 rings (SSSR count). The lowest BCUT2D eigenvalue weighted by Crippen LogP contribution is -2.31. The average molecular weight is 777 g/mol. The summed E-state index contributed by atoms with van der Waals surface area (Å²) in [6, 6.07) is 47.4. The predicted molar refractivity (Wildman–Crippen MR) is 257 cm³/mol. The van der Waals surface area contributed by atoms with Crippen molar-refractivity contribution < 1.29 is 0 Å². The molecular weight excluding hydrogens is 713 g/mol. The summed E-state index contributed by atoms with van der Waals surface area (Å²) < 4.78 is 5.00. The quantitative estimate of drug-likeness (QED) is 0.0925. The number of fused-ring (bicyclic) bond motifs is 9. The highest BCUT2D eigenvalue weighted by atomic mass is 15.0. The van der Waals surface area contributed by atoms with Gasteiger partial charge in [-0.2, -0.15) is 0 Å².